The summed E-state index contributed by atoms with van der Waals surface area (Å²) in [5, 5.41) is 4.81. The molecule has 0 saturated heterocycles. The van der Waals surface area contributed by atoms with Crippen LogP contribution in [0.4, 0.5) is 0 Å². The van der Waals surface area contributed by atoms with Gasteiger partial charge in [-0.25, -0.2) is 4.68 Å². The van der Waals surface area contributed by atoms with Gasteiger partial charge in [0.05, 0.1) is 18.1 Å². The fourth-order valence-electron chi connectivity index (χ4n) is 2.90. The minimum Gasteiger partial charge on any atom is -0.497 e. The van der Waals surface area contributed by atoms with Gasteiger partial charge in [0, 0.05) is 23.0 Å². The van der Waals surface area contributed by atoms with Crippen LogP contribution in [-0.2, 0) is 13.2 Å². The molecule has 3 rings (SSSR count). The first-order valence-electron chi connectivity index (χ1n) is 8.65. The molecule has 0 aliphatic rings. The molecule has 0 aliphatic heterocycles. The van der Waals surface area contributed by atoms with Gasteiger partial charge >= 0.3 is 0 Å². The number of halogens is 1. The smallest absolute Gasteiger partial charge is 0.199 e. The van der Waals surface area contributed by atoms with Crippen molar-refractivity contribution in [3.63, 3.8) is 0 Å². The lowest BCUT2D eigenvalue weighted by atomic mass is 10.2. The zero-order valence-electron chi connectivity index (χ0n) is 15.8. The van der Waals surface area contributed by atoms with Crippen molar-refractivity contribution in [1.82, 2.24) is 19.2 Å². The first kappa shape index (κ1) is 20.1. The predicted molar refractivity (Wildman–Crippen MR) is 114 cm³/mol. The standard InChI is InChI=1S/C19H23ClN4OS2/c1-13(2)24-18(14-5-7-15(25-4)8-6-14)21-23(19(24)26)12-22(3)11-16-9-10-17(20)27-16/h5-10,13H,11-12H2,1-4H3. The van der Waals surface area contributed by atoms with Crippen LogP contribution in [0.2, 0.25) is 4.34 Å². The lowest BCUT2D eigenvalue weighted by Crippen LogP contribution is -2.22. The molecule has 8 heteroatoms. The Labute approximate surface area is 173 Å². The zero-order chi connectivity index (χ0) is 19.6. The van der Waals surface area contributed by atoms with Crippen molar-refractivity contribution >= 4 is 35.2 Å². The molecule has 144 valence electrons. The summed E-state index contributed by atoms with van der Waals surface area (Å²) >= 11 is 13.3. The van der Waals surface area contributed by atoms with Crippen LogP contribution in [0.15, 0.2) is 36.4 Å². The number of nitrogens with zero attached hydrogens (tertiary/aromatic N) is 4. The van der Waals surface area contributed by atoms with E-state index in [9.17, 15) is 0 Å². The van der Waals surface area contributed by atoms with E-state index in [1.54, 1.807) is 18.4 Å². The number of hydrogen-bond donors (Lipinski definition) is 0. The number of aromatic nitrogens is 3. The van der Waals surface area contributed by atoms with Crippen molar-refractivity contribution in [2.24, 2.45) is 0 Å². The number of benzene rings is 1. The van der Waals surface area contributed by atoms with E-state index in [1.165, 1.54) is 4.88 Å². The van der Waals surface area contributed by atoms with Gasteiger partial charge in [0.2, 0.25) is 0 Å². The summed E-state index contributed by atoms with van der Waals surface area (Å²) in [5.41, 5.74) is 1.02. The van der Waals surface area contributed by atoms with Crippen LogP contribution in [0, 0.1) is 4.77 Å². The van der Waals surface area contributed by atoms with Crippen molar-refractivity contribution in [3.05, 3.63) is 50.4 Å². The normalized spacial score (nSPS) is 11.5. The lowest BCUT2D eigenvalue weighted by molar-refractivity contribution is 0.245. The van der Waals surface area contributed by atoms with E-state index in [0.717, 1.165) is 28.0 Å². The van der Waals surface area contributed by atoms with Gasteiger partial charge < -0.3 is 4.74 Å². The van der Waals surface area contributed by atoms with E-state index in [4.69, 9.17) is 33.7 Å². The highest BCUT2D eigenvalue weighted by Gasteiger charge is 2.16. The zero-order valence-corrected chi connectivity index (χ0v) is 18.2. The molecule has 0 saturated carbocycles. The average Bonchev–Trinajstić information content (AvgIpc) is 3.18. The van der Waals surface area contributed by atoms with Crippen LogP contribution in [-0.4, -0.2) is 33.4 Å². The first-order valence-corrected chi connectivity index (χ1v) is 10.3. The van der Waals surface area contributed by atoms with Gasteiger partial charge in [0.1, 0.15) is 5.75 Å². The molecule has 1 aromatic carbocycles. The largest absolute Gasteiger partial charge is 0.497 e. The molecule has 0 atom stereocenters. The summed E-state index contributed by atoms with van der Waals surface area (Å²) < 4.78 is 10.7. The maximum Gasteiger partial charge on any atom is 0.199 e. The van der Waals surface area contributed by atoms with E-state index in [-0.39, 0.29) is 6.04 Å². The third-order valence-corrected chi connectivity index (χ3v) is 5.79. The maximum atomic E-state index is 6.03. The predicted octanol–water partition coefficient (Wildman–Crippen LogP) is 5.47. The van der Waals surface area contributed by atoms with E-state index < -0.39 is 0 Å². The van der Waals surface area contributed by atoms with Crippen LogP contribution in [0.25, 0.3) is 11.4 Å². The van der Waals surface area contributed by atoms with Gasteiger partial charge in [0.25, 0.3) is 0 Å². The quantitative estimate of drug-likeness (QED) is 0.472. The van der Waals surface area contributed by atoms with Gasteiger partial charge in [-0.15, -0.1) is 11.3 Å². The Morgan fingerprint density at radius 1 is 1.22 bits per heavy atom. The second-order valence-corrected chi connectivity index (χ2v) is 8.82. The molecule has 0 unspecified atom stereocenters. The van der Waals surface area contributed by atoms with E-state index in [0.29, 0.717) is 11.4 Å². The summed E-state index contributed by atoms with van der Waals surface area (Å²) in [6, 6.07) is 12.1. The van der Waals surface area contributed by atoms with Crippen molar-refractivity contribution in [2.45, 2.75) is 33.1 Å². The van der Waals surface area contributed by atoms with E-state index >= 15 is 0 Å². The van der Waals surface area contributed by atoms with Crippen LogP contribution >= 0.6 is 35.2 Å². The van der Waals surface area contributed by atoms with Crippen molar-refractivity contribution in [3.8, 4) is 17.1 Å². The molecule has 0 aliphatic carbocycles. The second-order valence-electron chi connectivity index (χ2n) is 6.66. The van der Waals surface area contributed by atoms with Gasteiger partial charge in [-0.1, -0.05) is 11.6 Å². The Morgan fingerprint density at radius 2 is 1.93 bits per heavy atom. The molecule has 0 N–H and O–H groups in total. The molecule has 2 aromatic heterocycles. The summed E-state index contributed by atoms with van der Waals surface area (Å²) in [6.07, 6.45) is 0. The van der Waals surface area contributed by atoms with Crippen molar-refractivity contribution in [2.75, 3.05) is 14.2 Å². The Hall–Kier alpha value is -1.67. The van der Waals surface area contributed by atoms with Gasteiger partial charge in [0.15, 0.2) is 10.6 Å². The minimum absolute atomic E-state index is 0.213. The third-order valence-electron chi connectivity index (χ3n) is 4.17. The number of hydrogen-bond acceptors (Lipinski definition) is 5. The Balaban J connectivity index is 1.88. The SMILES string of the molecule is COc1ccc(-c2nn(CN(C)Cc3ccc(Cl)s3)c(=S)n2C(C)C)cc1. The molecular weight excluding hydrogens is 400 g/mol. The van der Waals surface area contributed by atoms with Crippen molar-refractivity contribution in [1.29, 1.82) is 0 Å². The van der Waals surface area contributed by atoms with Crippen LogP contribution < -0.4 is 4.74 Å². The Morgan fingerprint density at radius 3 is 2.48 bits per heavy atom. The van der Waals surface area contributed by atoms with Gasteiger partial charge in [-0.3, -0.25) is 9.47 Å². The van der Waals surface area contributed by atoms with Crippen molar-refractivity contribution < 1.29 is 4.74 Å². The van der Waals surface area contributed by atoms with Crippen LogP contribution in [0.1, 0.15) is 24.8 Å². The summed E-state index contributed by atoms with van der Waals surface area (Å²) in [7, 11) is 3.72. The highest BCUT2D eigenvalue weighted by atomic mass is 35.5. The monoisotopic (exact) mass is 422 g/mol. The summed E-state index contributed by atoms with van der Waals surface area (Å²) in [6.45, 7) is 5.64. The molecule has 0 amide bonds. The van der Waals surface area contributed by atoms with Gasteiger partial charge in [-0.2, -0.15) is 5.10 Å². The molecule has 0 spiro atoms. The highest BCUT2D eigenvalue weighted by molar-refractivity contribution is 7.71. The fraction of sp³-hybridized carbons (Fsp3) is 0.368. The second kappa shape index (κ2) is 8.56. The Kier molecular flexibility index (Phi) is 6.37. The summed E-state index contributed by atoms with van der Waals surface area (Å²) in [5.74, 6) is 1.69. The lowest BCUT2D eigenvalue weighted by Gasteiger charge is -2.15. The molecule has 27 heavy (non-hydrogen) atoms. The molecule has 0 bridgehead atoms. The number of ether oxygens (including phenoxy) is 1. The Bertz CT molecular complexity index is 959. The molecule has 5 nitrogen and oxygen atoms in total. The van der Waals surface area contributed by atoms with E-state index in [2.05, 4.69) is 36.4 Å². The highest BCUT2D eigenvalue weighted by Crippen LogP contribution is 2.25. The van der Waals surface area contributed by atoms with Crippen LogP contribution in [0.5, 0.6) is 5.75 Å². The first-order chi connectivity index (χ1) is 12.9. The molecule has 2 heterocycles. The third kappa shape index (κ3) is 4.60. The minimum atomic E-state index is 0.213. The molecule has 3 aromatic rings. The number of methoxy groups -OCH3 is 1. The summed E-state index contributed by atoms with van der Waals surface area (Å²) in [4.78, 5) is 3.39. The molecule has 0 fully saturated rings. The maximum absolute atomic E-state index is 6.03. The topological polar surface area (TPSA) is 35.2 Å². The number of thiophene rings is 1. The molecular formula is C19H23ClN4OS2. The number of rotatable bonds is 7. The van der Waals surface area contributed by atoms with Crippen LogP contribution in [0.3, 0.4) is 0 Å². The fourth-order valence-corrected chi connectivity index (χ4v) is 4.46. The van der Waals surface area contributed by atoms with E-state index in [1.807, 2.05) is 35.0 Å². The average molecular weight is 423 g/mol. The molecule has 0 radical (unpaired) electrons. The van der Waals surface area contributed by atoms with Gasteiger partial charge in [-0.05, 0) is 69.5 Å².